The van der Waals surface area contributed by atoms with E-state index in [-0.39, 0.29) is 11.8 Å². The lowest BCUT2D eigenvalue weighted by molar-refractivity contribution is 0.0994. The molecule has 27 heavy (non-hydrogen) atoms. The molecule has 134 valence electrons. The molecular formula is C23H20N2O2. The lowest BCUT2D eigenvalue weighted by Crippen LogP contribution is -2.19. The van der Waals surface area contributed by atoms with Gasteiger partial charge in [-0.25, -0.2) is 4.79 Å². The quantitative estimate of drug-likeness (QED) is 0.657. The van der Waals surface area contributed by atoms with E-state index in [2.05, 4.69) is 16.7 Å². The number of aryl methyl sites for hydroxylation is 2. The van der Waals surface area contributed by atoms with Crippen LogP contribution in [0.2, 0.25) is 0 Å². The molecule has 3 aromatic carbocycles. The van der Waals surface area contributed by atoms with Gasteiger partial charge in [0.15, 0.2) is 5.78 Å². The number of anilines is 2. The minimum absolute atomic E-state index is 0.232. The molecule has 0 unspecified atom stereocenters. The van der Waals surface area contributed by atoms with Crippen LogP contribution in [-0.4, -0.2) is 11.8 Å². The van der Waals surface area contributed by atoms with Crippen LogP contribution < -0.4 is 10.6 Å². The second kappa shape index (κ2) is 7.08. The normalized spacial score (nSPS) is 12.6. The number of carbonyl (C=O) groups excluding carboxylic acids is 2. The molecule has 2 N–H and O–H groups in total. The first-order valence-corrected chi connectivity index (χ1v) is 9.00. The molecule has 0 heterocycles. The minimum atomic E-state index is -0.274. The highest BCUT2D eigenvalue weighted by atomic mass is 16.2. The van der Waals surface area contributed by atoms with Crippen molar-refractivity contribution in [3.8, 4) is 11.1 Å². The summed E-state index contributed by atoms with van der Waals surface area (Å²) in [5.74, 6) is 0.232. The van der Waals surface area contributed by atoms with Crippen LogP contribution in [0.15, 0.2) is 66.7 Å². The monoisotopic (exact) mass is 356 g/mol. The van der Waals surface area contributed by atoms with E-state index in [4.69, 9.17) is 0 Å². The SMILES string of the molecule is Cc1cccc(NC(=O)Nc2ccc(-c3ccc4c(c3)CCC4=O)cc2)c1. The summed E-state index contributed by atoms with van der Waals surface area (Å²) in [7, 11) is 0. The predicted molar refractivity (Wildman–Crippen MR) is 108 cm³/mol. The summed E-state index contributed by atoms with van der Waals surface area (Å²) in [5.41, 5.74) is 6.69. The van der Waals surface area contributed by atoms with Gasteiger partial charge in [-0.05, 0) is 59.9 Å². The molecule has 0 saturated heterocycles. The van der Waals surface area contributed by atoms with Gasteiger partial charge in [-0.15, -0.1) is 0 Å². The van der Waals surface area contributed by atoms with Crippen molar-refractivity contribution in [2.75, 3.05) is 10.6 Å². The van der Waals surface area contributed by atoms with Crippen LogP contribution in [0.3, 0.4) is 0 Å². The van der Waals surface area contributed by atoms with Gasteiger partial charge in [-0.3, -0.25) is 4.79 Å². The van der Waals surface area contributed by atoms with E-state index in [0.717, 1.165) is 45.6 Å². The van der Waals surface area contributed by atoms with Crippen LogP contribution in [0.25, 0.3) is 11.1 Å². The van der Waals surface area contributed by atoms with Gasteiger partial charge in [0.2, 0.25) is 0 Å². The van der Waals surface area contributed by atoms with E-state index >= 15 is 0 Å². The van der Waals surface area contributed by atoms with Crippen LogP contribution >= 0.6 is 0 Å². The highest BCUT2D eigenvalue weighted by Gasteiger charge is 2.19. The Labute approximate surface area is 158 Å². The third-order valence-corrected chi connectivity index (χ3v) is 4.78. The Morgan fingerprint density at radius 1 is 0.815 bits per heavy atom. The zero-order valence-corrected chi connectivity index (χ0v) is 15.1. The van der Waals surface area contributed by atoms with E-state index in [1.165, 1.54) is 0 Å². The number of amides is 2. The number of fused-ring (bicyclic) bond motifs is 1. The lowest BCUT2D eigenvalue weighted by atomic mass is 10.0. The third kappa shape index (κ3) is 3.75. The Balaban J connectivity index is 1.45. The van der Waals surface area contributed by atoms with Crippen LogP contribution in [0, 0.1) is 6.92 Å². The minimum Gasteiger partial charge on any atom is -0.308 e. The number of rotatable bonds is 3. The number of urea groups is 1. The fourth-order valence-corrected chi connectivity index (χ4v) is 3.40. The first kappa shape index (κ1) is 17.0. The third-order valence-electron chi connectivity index (χ3n) is 4.78. The molecule has 0 aromatic heterocycles. The van der Waals surface area contributed by atoms with E-state index in [0.29, 0.717) is 6.42 Å². The van der Waals surface area contributed by atoms with Crippen molar-refractivity contribution in [2.45, 2.75) is 19.8 Å². The highest BCUT2D eigenvalue weighted by molar-refractivity contribution is 6.01. The molecule has 0 aliphatic heterocycles. The molecule has 1 aliphatic carbocycles. The molecule has 1 aliphatic rings. The first-order chi connectivity index (χ1) is 13.1. The number of Topliss-reactive ketones (excluding diaryl/α,β-unsaturated/α-hetero) is 1. The van der Waals surface area contributed by atoms with E-state index in [1.807, 2.05) is 67.6 Å². The van der Waals surface area contributed by atoms with E-state index in [1.54, 1.807) is 0 Å². The first-order valence-electron chi connectivity index (χ1n) is 9.00. The van der Waals surface area contributed by atoms with Gasteiger partial charge in [-0.1, -0.05) is 42.5 Å². The summed E-state index contributed by atoms with van der Waals surface area (Å²) in [6, 6.07) is 21.1. The average Bonchev–Trinajstić information content (AvgIpc) is 3.03. The van der Waals surface area contributed by atoms with Crippen LogP contribution in [0.5, 0.6) is 0 Å². The summed E-state index contributed by atoms with van der Waals surface area (Å²) in [4.78, 5) is 23.9. The zero-order chi connectivity index (χ0) is 18.8. The van der Waals surface area contributed by atoms with Gasteiger partial charge in [0.25, 0.3) is 0 Å². The van der Waals surface area contributed by atoms with Crippen molar-refractivity contribution in [3.05, 3.63) is 83.4 Å². The van der Waals surface area contributed by atoms with Crippen molar-refractivity contribution < 1.29 is 9.59 Å². The van der Waals surface area contributed by atoms with Crippen molar-refractivity contribution in [1.82, 2.24) is 0 Å². The molecular weight excluding hydrogens is 336 g/mol. The Bertz CT molecular complexity index is 1020. The Morgan fingerprint density at radius 3 is 2.33 bits per heavy atom. The average molecular weight is 356 g/mol. The molecule has 4 nitrogen and oxygen atoms in total. The van der Waals surface area contributed by atoms with Crippen molar-refractivity contribution >= 4 is 23.2 Å². The Morgan fingerprint density at radius 2 is 1.56 bits per heavy atom. The maximum Gasteiger partial charge on any atom is 0.323 e. The van der Waals surface area contributed by atoms with Crippen molar-refractivity contribution in [2.24, 2.45) is 0 Å². The van der Waals surface area contributed by atoms with Gasteiger partial charge >= 0.3 is 6.03 Å². The van der Waals surface area contributed by atoms with Crippen molar-refractivity contribution in [1.29, 1.82) is 0 Å². The molecule has 0 radical (unpaired) electrons. The molecule has 3 aromatic rings. The summed E-state index contributed by atoms with van der Waals surface area (Å²) in [6.07, 6.45) is 1.43. The standard InChI is InChI=1S/C23H20N2O2/c1-15-3-2-4-20(13-15)25-23(27)24-19-9-5-16(6-10-19)17-7-11-21-18(14-17)8-12-22(21)26/h2-7,9-11,13-14H,8,12H2,1H3,(H2,24,25,27). The van der Waals surface area contributed by atoms with Crippen LogP contribution in [0.1, 0.15) is 27.9 Å². The smallest absolute Gasteiger partial charge is 0.308 e. The molecule has 0 fully saturated rings. The number of benzene rings is 3. The van der Waals surface area contributed by atoms with Crippen LogP contribution in [-0.2, 0) is 6.42 Å². The fraction of sp³-hybridized carbons (Fsp3) is 0.130. The summed E-state index contributed by atoms with van der Waals surface area (Å²) in [5, 5.41) is 5.67. The predicted octanol–water partition coefficient (Wildman–Crippen LogP) is 5.43. The van der Waals surface area contributed by atoms with Gasteiger partial charge in [-0.2, -0.15) is 0 Å². The number of nitrogens with one attached hydrogen (secondary N) is 2. The van der Waals surface area contributed by atoms with E-state index < -0.39 is 0 Å². The molecule has 2 amide bonds. The fourth-order valence-electron chi connectivity index (χ4n) is 3.40. The number of ketones is 1. The molecule has 0 bridgehead atoms. The van der Waals surface area contributed by atoms with Gasteiger partial charge in [0, 0.05) is 23.4 Å². The molecule has 0 saturated carbocycles. The molecule has 0 atom stereocenters. The molecule has 0 spiro atoms. The Kier molecular flexibility index (Phi) is 4.47. The van der Waals surface area contributed by atoms with Gasteiger partial charge in [0.05, 0.1) is 0 Å². The number of carbonyl (C=O) groups is 2. The summed E-state index contributed by atoms with van der Waals surface area (Å²) < 4.78 is 0. The lowest BCUT2D eigenvalue weighted by Gasteiger charge is -2.09. The molecule has 4 rings (SSSR count). The van der Waals surface area contributed by atoms with Crippen LogP contribution in [0.4, 0.5) is 16.2 Å². The number of hydrogen-bond donors (Lipinski definition) is 2. The zero-order valence-electron chi connectivity index (χ0n) is 15.1. The summed E-state index contributed by atoms with van der Waals surface area (Å²) in [6.45, 7) is 1.98. The van der Waals surface area contributed by atoms with Gasteiger partial charge < -0.3 is 10.6 Å². The maximum absolute atomic E-state index is 12.2. The maximum atomic E-state index is 12.2. The topological polar surface area (TPSA) is 58.2 Å². The molecule has 4 heteroatoms. The largest absolute Gasteiger partial charge is 0.323 e. The highest BCUT2D eigenvalue weighted by Crippen LogP contribution is 2.28. The van der Waals surface area contributed by atoms with E-state index in [9.17, 15) is 9.59 Å². The Hall–Kier alpha value is -3.40. The second-order valence-electron chi connectivity index (χ2n) is 6.82. The van der Waals surface area contributed by atoms with Gasteiger partial charge in [0.1, 0.15) is 0 Å². The second-order valence-corrected chi connectivity index (χ2v) is 6.82. The van der Waals surface area contributed by atoms with Crippen molar-refractivity contribution in [3.63, 3.8) is 0 Å². The number of hydrogen-bond acceptors (Lipinski definition) is 2. The summed E-state index contributed by atoms with van der Waals surface area (Å²) >= 11 is 0.